The van der Waals surface area contributed by atoms with Gasteiger partial charge in [-0.1, -0.05) is 0 Å². The first-order valence-electron chi connectivity index (χ1n) is 9.36. The minimum absolute atomic E-state index is 0.191. The number of hydrogen-bond donors (Lipinski definition) is 2. The summed E-state index contributed by atoms with van der Waals surface area (Å²) in [6, 6.07) is 11.3. The standard InChI is InChI=1S/C21H18F2N6O2/c1-12-9-16(7-8-17(12)23)26-20-24-13(2)10-18-27-28(21(31)29(18)20)11-19(30)25-15-5-3-14(22)4-6-15/h3-10H,11H2,1-2H3,(H,24,26)(H,25,30). The lowest BCUT2D eigenvalue weighted by Gasteiger charge is -2.09. The van der Waals surface area contributed by atoms with Crippen LogP contribution in [0.4, 0.5) is 26.1 Å². The van der Waals surface area contributed by atoms with Gasteiger partial charge in [0.05, 0.1) is 0 Å². The van der Waals surface area contributed by atoms with Crippen LogP contribution < -0.4 is 16.3 Å². The Bertz CT molecular complexity index is 1340. The number of carbonyl (C=O) groups excluding carboxylic acids is 1. The summed E-state index contributed by atoms with van der Waals surface area (Å²) in [4.78, 5) is 29.6. The van der Waals surface area contributed by atoms with Crippen LogP contribution in [0.1, 0.15) is 11.3 Å². The molecule has 0 bridgehead atoms. The molecule has 0 radical (unpaired) electrons. The van der Waals surface area contributed by atoms with E-state index in [-0.39, 0.29) is 18.3 Å². The number of nitrogens with one attached hydrogen (secondary N) is 2. The quantitative estimate of drug-likeness (QED) is 0.513. The molecule has 2 N–H and O–H groups in total. The van der Waals surface area contributed by atoms with Crippen LogP contribution in [0.2, 0.25) is 0 Å². The topological polar surface area (TPSA) is 93.3 Å². The summed E-state index contributed by atoms with van der Waals surface area (Å²) in [7, 11) is 0. The number of amides is 1. The third-order valence-corrected chi connectivity index (χ3v) is 4.53. The third-order valence-electron chi connectivity index (χ3n) is 4.53. The van der Waals surface area contributed by atoms with Crippen LogP contribution in [0.15, 0.2) is 53.3 Å². The number of fused-ring (bicyclic) bond motifs is 1. The number of nitrogens with zero attached hydrogens (tertiary/aromatic N) is 4. The van der Waals surface area contributed by atoms with Crippen molar-refractivity contribution in [3.05, 3.63) is 81.9 Å². The highest BCUT2D eigenvalue weighted by atomic mass is 19.1. The molecule has 158 valence electrons. The van der Waals surface area contributed by atoms with Gasteiger partial charge in [-0.3, -0.25) is 4.79 Å². The zero-order valence-electron chi connectivity index (χ0n) is 16.7. The maximum absolute atomic E-state index is 13.6. The van der Waals surface area contributed by atoms with Crippen LogP contribution in [-0.2, 0) is 11.3 Å². The van der Waals surface area contributed by atoms with E-state index in [9.17, 15) is 18.4 Å². The molecule has 0 aliphatic rings. The predicted molar refractivity (Wildman–Crippen MR) is 111 cm³/mol. The van der Waals surface area contributed by atoms with Gasteiger partial charge in [-0.25, -0.2) is 27.6 Å². The van der Waals surface area contributed by atoms with Crippen molar-refractivity contribution < 1.29 is 13.6 Å². The SMILES string of the molecule is Cc1cc2nn(CC(=O)Nc3ccc(F)cc3)c(=O)n2c(Nc2ccc(F)c(C)c2)n1. The lowest BCUT2D eigenvalue weighted by molar-refractivity contribution is -0.117. The molecular weight excluding hydrogens is 406 g/mol. The zero-order chi connectivity index (χ0) is 22.1. The monoisotopic (exact) mass is 424 g/mol. The smallest absolute Gasteiger partial charge is 0.325 e. The van der Waals surface area contributed by atoms with Gasteiger partial charge in [0.25, 0.3) is 0 Å². The molecule has 0 saturated carbocycles. The van der Waals surface area contributed by atoms with Crippen molar-refractivity contribution in [2.24, 2.45) is 0 Å². The Morgan fingerprint density at radius 3 is 2.45 bits per heavy atom. The van der Waals surface area contributed by atoms with Crippen LogP contribution in [0.3, 0.4) is 0 Å². The maximum atomic E-state index is 13.6. The van der Waals surface area contributed by atoms with Crippen molar-refractivity contribution in [2.45, 2.75) is 20.4 Å². The van der Waals surface area contributed by atoms with Gasteiger partial charge < -0.3 is 10.6 Å². The van der Waals surface area contributed by atoms with Crippen molar-refractivity contribution in [3.8, 4) is 0 Å². The molecule has 10 heteroatoms. The van der Waals surface area contributed by atoms with Gasteiger partial charge in [-0.05, 0) is 61.9 Å². The minimum Gasteiger partial charge on any atom is -0.325 e. The van der Waals surface area contributed by atoms with Gasteiger partial charge in [0.2, 0.25) is 11.9 Å². The predicted octanol–water partition coefficient (Wildman–Crippen LogP) is 3.17. The molecule has 31 heavy (non-hydrogen) atoms. The van der Waals surface area contributed by atoms with E-state index in [2.05, 4.69) is 20.7 Å². The highest BCUT2D eigenvalue weighted by Gasteiger charge is 2.16. The van der Waals surface area contributed by atoms with Crippen molar-refractivity contribution in [1.29, 1.82) is 0 Å². The number of rotatable bonds is 5. The van der Waals surface area contributed by atoms with Crippen molar-refractivity contribution in [1.82, 2.24) is 19.2 Å². The zero-order valence-corrected chi connectivity index (χ0v) is 16.7. The van der Waals surface area contributed by atoms with Gasteiger partial charge in [-0.2, -0.15) is 0 Å². The molecule has 1 amide bonds. The number of halogens is 2. The average Bonchev–Trinajstić information content (AvgIpc) is 3.01. The Hall–Kier alpha value is -4.08. The second kappa shape index (κ2) is 7.98. The molecule has 0 aliphatic carbocycles. The highest BCUT2D eigenvalue weighted by Crippen LogP contribution is 2.19. The van der Waals surface area contributed by atoms with E-state index >= 15 is 0 Å². The molecule has 0 fully saturated rings. The van der Waals surface area contributed by atoms with E-state index in [0.29, 0.717) is 28.3 Å². The van der Waals surface area contributed by atoms with Crippen molar-refractivity contribution in [2.75, 3.05) is 10.6 Å². The highest BCUT2D eigenvalue weighted by molar-refractivity contribution is 5.90. The van der Waals surface area contributed by atoms with Gasteiger partial charge in [0.1, 0.15) is 18.2 Å². The van der Waals surface area contributed by atoms with E-state index in [1.54, 1.807) is 26.0 Å². The fourth-order valence-corrected chi connectivity index (χ4v) is 3.06. The Kier molecular flexibility index (Phi) is 5.20. The van der Waals surface area contributed by atoms with Crippen LogP contribution in [-0.4, -0.2) is 25.1 Å². The average molecular weight is 424 g/mol. The summed E-state index contributed by atoms with van der Waals surface area (Å²) in [5, 5.41) is 9.80. The number of aryl methyl sites for hydroxylation is 2. The van der Waals surface area contributed by atoms with E-state index in [1.165, 1.54) is 40.8 Å². The Labute approximate surface area is 175 Å². The summed E-state index contributed by atoms with van der Waals surface area (Å²) in [6.45, 7) is 3.03. The number of carbonyl (C=O) groups is 1. The summed E-state index contributed by atoms with van der Waals surface area (Å²) >= 11 is 0. The summed E-state index contributed by atoms with van der Waals surface area (Å²) in [5.41, 5.74) is 1.71. The molecule has 8 nitrogen and oxygen atoms in total. The van der Waals surface area contributed by atoms with Gasteiger partial charge in [-0.15, -0.1) is 5.10 Å². The summed E-state index contributed by atoms with van der Waals surface area (Å²) < 4.78 is 28.8. The molecule has 2 heterocycles. The lowest BCUT2D eigenvalue weighted by Crippen LogP contribution is -2.29. The normalized spacial score (nSPS) is 11.0. The molecule has 0 saturated heterocycles. The fourth-order valence-electron chi connectivity index (χ4n) is 3.06. The van der Waals surface area contributed by atoms with Crippen LogP contribution in [0.5, 0.6) is 0 Å². The van der Waals surface area contributed by atoms with E-state index in [4.69, 9.17) is 0 Å². The molecule has 0 spiro atoms. The van der Waals surface area contributed by atoms with E-state index in [1.807, 2.05) is 0 Å². The number of benzene rings is 2. The molecule has 4 rings (SSSR count). The largest absolute Gasteiger partial charge is 0.353 e. The molecule has 2 aromatic carbocycles. The van der Waals surface area contributed by atoms with Crippen LogP contribution >= 0.6 is 0 Å². The van der Waals surface area contributed by atoms with Gasteiger partial charge in [0, 0.05) is 23.1 Å². The first-order valence-corrected chi connectivity index (χ1v) is 9.36. The number of anilines is 3. The number of aromatic nitrogens is 4. The first kappa shape index (κ1) is 20.2. The van der Waals surface area contributed by atoms with Crippen molar-refractivity contribution >= 4 is 28.9 Å². The second-order valence-corrected chi connectivity index (χ2v) is 7.00. The van der Waals surface area contributed by atoms with Gasteiger partial charge in [0.15, 0.2) is 5.65 Å². The second-order valence-electron chi connectivity index (χ2n) is 7.00. The Balaban J connectivity index is 1.64. The summed E-state index contributed by atoms with van der Waals surface area (Å²) in [6.07, 6.45) is 0. The van der Waals surface area contributed by atoms with Crippen LogP contribution in [0.25, 0.3) is 5.65 Å². The van der Waals surface area contributed by atoms with Crippen LogP contribution in [0, 0.1) is 25.5 Å². The summed E-state index contributed by atoms with van der Waals surface area (Å²) in [5.74, 6) is -1.07. The molecule has 0 unspecified atom stereocenters. The molecular formula is C21H18F2N6O2. The van der Waals surface area contributed by atoms with Gasteiger partial charge >= 0.3 is 5.69 Å². The van der Waals surface area contributed by atoms with E-state index < -0.39 is 17.4 Å². The maximum Gasteiger partial charge on any atom is 0.353 e. The molecule has 0 aliphatic heterocycles. The van der Waals surface area contributed by atoms with E-state index in [0.717, 1.165) is 4.68 Å². The lowest BCUT2D eigenvalue weighted by atomic mass is 10.2. The molecule has 0 atom stereocenters. The fraction of sp³-hybridized carbons (Fsp3) is 0.143. The van der Waals surface area contributed by atoms with Crippen molar-refractivity contribution in [3.63, 3.8) is 0 Å². The Morgan fingerprint density at radius 1 is 1.03 bits per heavy atom. The first-order chi connectivity index (χ1) is 14.8. The number of hydrogen-bond acceptors (Lipinski definition) is 5. The Morgan fingerprint density at radius 2 is 1.74 bits per heavy atom. The molecule has 2 aromatic heterocycles. The molecule has 4 aromatic rings. The third kappa shape index (κ3) is 4.27. The minimum atomic E-state index is -0.571.